The predicted molar refractivity (Wildman–Crippen MR) is 138 cm³/mol. The quantitative estimate of drug-likeness (QED) is 0.296. The number of methoxy groups -OCH3 is 1. The molecule has 0 saturated heterocycles. The Morgan fingerprint density at radius 3 is 2.77 bits per heavy atom. The molecule has 11 heteroatoms. The molecule has 0 aliphatic heterocycles. The van der Waals surface area contributed by atoms with E-state index in [-0.39, 0.29) is 18.3 Å². The van der Waals surface area contributed by atoms with Gasteiger partial charge in [-0.05, 0) is 61.9 Å². The number of hydrogen-bond acceptors (Lipinski definition) is 8. The third kappa shape index (κ3) is 5.99. The van der Waals surface area contributed by atoms with Crippen molar-refractivity contribution in [1.82, 2.24) is 14.8 Å². The van der Waals surface area contributed by atoms with Gasteiger partial charge in [0.1, 0.15) is 17.4 Å². The number of ether oxygens (including phenoxy) is 2. The summed E-state index contributed by atoms with van der Waals surface area (Å²) in [5, 5.41) is 13.2. The van der Waals surface area contributed by atoms with E-state index in [2.05, 4.69) is 22.4 Å². The zero-order valence-electron chi connectivity index (χ0n) is 19.8. The van der Waals surface area contributed by atoms with Crippen LogP contribution in [-0.4, -0.2) is 39.5 Å². The van der Waals surface area contributed by atoms with Crippen molar-refractivity contribution >= 4 is 51.6 Å². The summed E-state index contributed by atoms with van der Waals surface area (Å²) in [4.78, 5) is 26.4. The minimum absolute atomic E-state index is 0.135. The Kier molecular flexibility index (Phi) is 8.35. The van der Waals surface area contributed by atoms with Gasteiger partial charge in [0.15, 0.2) is 11.0 Å². The van der Waals surface area contributed by atoms with Gasteiger partial charge in [0.2, 0.25) is 5.91 Å². The minimum Gasteiger partial charge on any atom is -0.486 e. The number of aromatic nitrogens is 3. The second-order valence-electron chi connectivity index (χ2n) is 8.27. The van der Waals surface area contributed by atoms with Gasteiger partial charge in [-0.3, -0.25) is 4.79 Å². The monoisotopic (exact) mass is 534 g/mol. The summed E-state index contributed by atoms with van der Waals surface area (Å²) >= 11 is 8.68. The van der Waals surface area contributed by atoms with Gasteiger partial charge in [-0.15, -0.1) is 21.5 Å². The first-order valence-corrected chi connectivity index (χ1v) is 13.5. The zero-order chi connectivity index (χ0) is 24.9. The van der Waals surface area contributed by atoms with Crippen LogP contribution in [0.25, 0.3) is 0 Å². The number of amides is 1. The molecule has 0 fully saturated rings. The number of fused-ring (bicyclic) bond motifs is 1. The maximum absolute atomic E-state index is 12.8. The van der Waals surface area contributed by atoms with Crippen LogP contribution in [0.3, 0.4) is 0 Å². The fourth-order valence-electron chi connectivity index (χ4n) is 3.98. The van der Waals surface area contributed by atoms with E-state index in [1.54, 1.807) is 24.3 Å². The molecule has 1 N–H and O–H groups in total. The molecule has 2 aromatic heterocycles. The number of halogens is 1. The largest absolute Gasteiger partial charge is 0.486 e. The number of esters is 1. The van der Waals surface area contributed by atoms with Gasteiger partial charge in [0, 0.05) is 16.4 Å². The summed E-state index contributed by atoms with van der Waals surface area (Å²) in [6, 6.07) is 7.11. The first kappa shape index (κ1) is 25.5. The highest BCUT2D eigenvalue weighted by molar-refractivity contribution is 7.99. The number of anilines is 1. The van der Waals surface area contributed by atoms with E-state index in [0.717, 1.165) is 29.7 Å². The number of benzene rings is 1. The molecule has 0 radical (unpaired) electrons. The highest BCUT2D eigenvalue weighted by Gasteiger charge is 2.29. The number of thioether (sulfide) groups is 1. The van der Waals surface area contributed by atoms with Crippen molar-refractivity contribution < 1.29 is 19.1 Å². The summed E-state index contributed by atoms with van der Waals surface area (Å²) in [5.74, 6) is 1.42. The van der Waals surface area contributed by atoms with Crippen LogP contribution in [0.4, 0.5) is 5.00 Å². The molecule has 3 aromatic rings. The van der Waals surface area contributed by atoms with E-state index >= 15 is 0 Å². The number of carbonyl (C=O) groups is 2. The van der Waals surface area contributed by atoms with Crippen LogP contribution in [0, 0.1) is 5.92 Å². The van der Waals surface area contributed by atoms with Gasteiger partial charge in [-0.25, -0.2) is 4.79 Å². The summed E-state index contributed by atoms with van der Waals surface area (Å²) in [6.45, 7) is 5.07. The van der Waals surface area contributed by atoms with Gasteiger partial charge in [-0.1, -0.05) is 30.3 Å². The molecular weight excluding hydrogens is 508 g/mol. The maximum Gasteiger partial charge on any atom is 0.341 e. The van der Waals surface area contributed by atoms with Crippen LogP contribution in [0.2, 0.25) is 5.02 Å². The summed E-state index contributed by atoms with van der Waals surface area (Å²) < 4.78 is 12.7. The van der Waals surface area contributed by atoms with Crippen molar-refractivity contribution in [2.75, 3.05) is 18.2 Å². The average Bonchev–Trinajstić information content (AvgIpc) is 3.41. The van der Waals surface area contributed by atoms with Crippen LogP contribution in [-0.2, 0) is 35.5 Å². The van der Waals surface area contributed by atoms with Crippen molar-refractivity contribution in [2.45, 2.75) is 51.4 Å². The molecule has 1 amide bonds. The lowest BCUT2D eigenvalue weighted by atomic mass is 9.88. The summed E-state index contributed by atoms with van der Waals surface area (Å²) in [7, 11) is 1.37. The van der Waals surface area contributed by atoms with E-state index < -0.39 is 5.97 Å². The first-order valence-electron chi connectivity index (χ1n) is 11.4. The molecule has 1 unspecified atom stereocenters. The Balaban J connectivity index is 1.40. The Labute approximate surface area is 217 Å². The lowest BCUT2D eigenvalue weighted by Crippen LogP contribution is -2.17. The second kappa shape index (κ2) is 11.5. The van der Waals surface area contributed by atoms with Gasteiger partial charge in [0.25, 0.3) is 0 Å². The Hall–Kier alpha value is -2.56. The fraction of sp³-hybridized carbons (Fsp3) is 0.417. The maximum atomic E-state index is 12.8. The molecule has 186 valence electrons. The van der Waals surface area contributed by atoms with Crippen molar-refractivity contribution in [2.24, 2.45) is 5.92 Å². The van der Waals surface area contributed by atoms with Crippen LogP contribution in [0.15, 0.2) is 29.4 Å². The number of nitrogens with zero attached hydrogens (tertiary/aromatic N) is 3. The van der Waals surface area contributed by atoms with Crippen molar-refractivity contribution in [1.29, 1.82) is 0 Å². The SMILES string of the molecule is CCn1c(COc2ccc(Cl)cc2)nnc1SCC(=O)Nc1sc2c(c1C(=O)OC)CCC(C)C2. The fourth-order valence-corrected chi connectivity index (χ4v) is 6.34. The number of thiophene rings is 1. The van der Waals surface area contributed by atoms with E-state index in [0.29, 0.717) is 44.8 Å². The van der Waals surface area contributed by atoms with Crippen LogP contribution in [0.5, 0.6) is 5.75 Å². The molecule has 1 aliphatic rings. The van der Waals surface area contributed by atoms with E-state index in [4.69, 9.17) is 21.1 Å². The minimum atomic E-state index is -0.406. The van der Waals surface area contributed by atoms with Gasteiger partial charge in [-0.2, -0.15) is 0 Å². The van der Waals surface area contributed by atoms with Crippen LogP contribution < -0.4 is 10.1 Å². The van der Waals surface area contributed by atoms with Crippen LogP contribution >= 0.6 is 34.7 Å². The number of nitrogens with one attached hydrogen (secondary N) is 1. The molecule has 8 nitrogen and oxygen atoms in total. The molecule has 0 bridgehead atoms. The van der Waals surface area contributed by atoms with Crippen molar-refractivity contribution in [3.05, 3.63) is 51.1 Å². The van der Waals surface area contributed by atoms with Gasteiger partial charge >= 0.3 is 5.97 Å². The molecule has 35 heavy (non-hydrogen) atoms. The van der Waals surface area contributed by atoms with E-state index in [9.17, 15) is 9.59 Å². The predicted octanol–water partition coefficient (Wildman–Crippen LogP) is 5.23. The molecular formula is C24H27ClN4O4S2. The summed E-state index contributed by atoms with van der Waals surface area (Å²) in [5.41, 5.74) is 1.51. The normalized spacial score (nSPS) is 14.9. The van der Waals surface area contributed by atoms with Crippen LogP contribution in [0.1, 0.15) is 46.9 Å². The lowest BCUT2D eigenvalue weighted by Gasteiger charge is -2.18. The topological polar surface area (TPSA) is 95.3 Å². The molecule has 2 heterocycles. The Morgan fingerprint density at radius 1 is 1.29 bits per heavy atom. The molecule has 1 aromatic carbocycles. The Bertz CT molecular complexity index is 1210. The van der Waals surface area contributed by atoms with Gasteiger partial charge < -0.3 is 19.4 Å². The number of rotatable bonds is 9. The molecule has 0 saturated carbocycles. The van der Waals surface area contributed by atoms with E-state index in [1.165, 1.54) is 30.2 Å². The summed E-state index contributed by atoms with van der Waals surface area (Å²) in [6.07, 6.45) is 2.76. The molecule has 4 rings (SSSR count). The third-order valence-corrected chi connectivity index (χ3v) is 8.17. The molecule has 1 aliphatic carbocycles. The van der Waals surface area contributed by atoms with Crippen molar-refractivity contribution in [3.63, 3.8) is 0 Å². The lowest BCUT2D eigenvalue weighted by molar-refractivity contribution is -0.113. The van der Waals surface area contributed by atoms with Crippen molar-refractivity contribution in [3.8, 4) is 5.75 Å². The zero-order valence-corrected chi connectivity index (χ0v) is 22.2. The Morgan fingerprint density at radius 2 is 2.06 bits per heavy atom. The van der Waals surface area contributed by atoms with Gasteiger partial charge in [0.05, 0.1) is 18.4 Å². The number of hydrogen-bond donors (Lipinski definition) is 1. The highest BCUT2D eigenvalue weighted by Crippen LogP contribution is 2.40. The smallest absolute Gasteiger partial charge is 0.341 e. The standard InChI is InChI=1S/C24H27ClN4O4S2/c1-4-29-19(12-33-16-8-6-15(25)7-9-16)27-28-24(29)34-13-20(30)26-22-21(23(31)32-3)17-10-5-14(2)11-18(17)35-22/h6-9,14H,4-5,10-13H2,1-3H3,(H,26,30). The van der Waals surface area contributed by atoms with E-state index in [1.807, 2.05) is 11.5 Å². The molecule has 0 spiro atoms. The molecule has 1 atom stereocenters. The first-order chi connectivity index (χ1) is 16.9. The second-order valence-corrected chi connectivity index (χ2v) is 10.8. The average molecular weight is 535 g/mol. The highest BCUT2D eigenvalue weighted by atomic mass is 35.5. The number of carbonyl (C=O) groups excluding carboxylic acids is 2. The third-order valence-electron chi connectivity index (χ3n) is 5.78.